The summed E-state index contributed by atoms with van der Waals surface area (Å²) in [5.41, 5.74) is 1.15. The maximum Gasteiger partial charge on any atom is 0.167 e. The molecule has 1 aromatic carbocycles. The van der Waals surface area contributed by atoms with Crippen LogP contribution in [0.5, 0.6) is 0 Å². The van der Waals surface area contributed by atoms with E-state index in [9.17, 15) is 4.79 Å². The van der Waals surface area contributed by atoms with Gasteiger partial charge in [0.15, 0.2) is 5.78 Å². The van der Waals surface area contributed by atoms with Crippen molar-refractivity contribution < 1.29 is 9.53 Å². The number of morpholine rings is 1. The minimum Gasteiger partial charge on any atom is -0.367 e. The number of benzene rings is 1. The lowest BCUT2D eigenvalue weighted by Gasteiger charge is -2.34. The van der Waals surface area contributed by atoms with Gasteiger partial charge >= 0.3 is 0 Å². The molecule has 0 N–H and O–H groups in total. The average Bonchev–Trinajstić information content (AvgIpc) is 3.13. The molecule has 0 radical (unpaired) electrons. The van der Waals surface area contributed by atoms with E-state index in [1.165, 1.54) is 22.9 Å². The summed E-state index contributed by atoms with van der Waals surface area (Å²) >= 11 is 1.71. The Morgan fingerprint density at radius 2 is 2.29 bits per heavy atom. The Morgan fingerprint density at radius 1 is 1.38 bits per heavy atom. The zero-order chi connectivity index (χ0) is 14.2. The van der Waals surface area contributed by atoms with Gasteiger partial charge in [-0.15, -0.1) is 11.3 Å². The van der Waals surface area contributed by atoms with E-state index in [0.29, 0.717) is 12.5 Å². The third-order valence-corrected chi connectivity index (χ3v) is 5.69. The normalized spacial score (nSPS) is 26.1. The summed E-state index contributed by atoms with van der Waals surface area (Å²) in [6.07, 6.45) is 2.71. The van der Waals surface area contributed by atoms with Gasteiger partial charge in [-0.25, -0.2) is 0 Å². The fourth-order valence-corrected chi connectivity index (χ4v) is 4.45. The molecule has 0 aliphatic carbocycles. The summed E-state index contributed by atoms with van der Waals surface area (Å²) < 4.78 is 7.08. The van der Waals surface area contributed by atoms with Crippen LogP contribution < -0.4 is 0 Å². The monoisotopic (exact) mass is 301 g/mol. The lowest BCUT2D eigenvalue weighted by molar-refractivity contribution is -0.137. The highest BCUT2D eigenvalue weighted by Gasteiger charge is 2.35. The van der Waals surface area contributed by atoms with E-state index in [-0.39, 0.29) is 11.9 Å². The molecule has 2 aliphatic rings. The minimum absolute atomic E-state index is 0.226. The quantitative estimate of drug-likeness (QED) is 0.873. The summed E-state index contributed by atoms with van der Waals surface area (Å²) in [5, 5.41) is 3.33. The van der Waals surface area contributed by atoms with Crippen LogP contribution in [0.25, 0.3) is 10.1 Å². The molecule has 1 aromatic heterocycles. The Morgan fingerprint density at radius 3 is 3.24 bits per heavy atom. The van der Waals surface area contributed by atoms with Gasteiger partial charge in [0, 0.05) is 23.7 Å². The predicted molar refractivity (Wildman–Crippen MR) is 84.9 cm³/mol. The van der Waals surface area contributed by atoms with E-state index < -0.39 is 0 Å². The predicted octanol–water partition coefficient (Wildman–Crippen LogP) is 2.88. The highest BCUT2D eigenvalue weighted by molar-refractivity contribution is 7.17. The smallest absolute Gasteiger partial charge is 0.167 e. The van der Waals surface area contributed by atoms with Crippen LogP contribution in [0.15, 0.2) is 29.6 Å². The van der Waals surface area contributed by atoms with Crippen LogP contribution in [0.2, 0.25) is 0 Å². The number of hydrogen-bond acceptors (Lipinski definition) is 4. The molecule has 4 heteroatoms. The number of Topliss-reactive ketones (excluding diaryl/α,β-unsaturated/α-hetero) is 1. The van der Waals surface area contributed by atoms with E-state index in [2.05, 4.69) is 22.4 Å². The van der Waals surface area contributed by atoms with Crippen molar-refractivity contribution in [1.82, 2.24) is 4.90 Å². The Balaban J connectivity index is 1.48. The van der Waals surface area contributed by atoms with Gasteiger partial charge in [-0.2, -0.15) is 0 Å². The number of fused-ring (bicyclic) bond motifs is 2. The molecule has 3 heterocycles. The van der Waals surface area contributed by atoms with Crippen molar-refractivity contribution in [3.05, 3.63) is 35.2 Å². The van der Waals surface area contributed by atoms with Gasteiger partial charge < -0.3 is 4.74 Å². The van der Waals surface area contributed by atoms with E-state index in [1.54, 1.807) is 11.3 Å². The first kappa shape index (κ1) is 13.4. The third kappa shape index (κ3) is 2.52. The standard InChI is InChI=1S/C17H19NO2S/c19-15(16-9-18-7-3-4-13(18)10-20-16)8-12-11-21-17-6-2-1-5-14(12)17/h1-2,5-6,11,13,16H,3-4,7-10H2. The molecule has 2 aliphatic heterocycles. The van der Waals surface area contributed by atoms with Crippen molar-refractivity contribution in [2.45, 2.75) is 31.4 Å². The molecule has 2 atom stereocenters. The maximum atomic E-state index is 12.6. The van der Waals surface area contributed by atoms with Crippen molar-refractivity contribution in [2.24, 2.45) is 0 Å². The van der Waals surface area contributed by atoms with Gasteiger partial charge in [0.1, 0.15) is 6.10 Å². The number of carbonyl (C=O) groups is 1. The van der Waals surface area contributed by atoms with Gasteiger partial charge in [0.2, 0.25) is 0 Å². The third-order valence-electron chi connectivity index (χ3n) is 4.67. The Bertz CT molecular complexity index is 666. The molecule has 0 bridgehead atoms. The highest BCUT2D eigenvalue weighted by Crippen LogP contribution is 2.28. The molecule has 21 heavy (non-hydrogen) atoms. The van der Waals surface area contributed by atoms with E-state index in [0.717, 1.165) is 25.3 Å². The van der Waals surface area contributed by atoms with Crippen molar-refractivity contribution in [3.63, 3.8) is 0 Å². The summed E-state index contributed by atoms with van der Waals surface area (Å²) in [6.45, 7) is 2.63. The number of hydrogen-bond donors (Lipinski definition) is 0. The molecular weight excluding hydrogens is 282 g/mol. The molecule has 110 valence electrons. The number of rotatable bonds is 3. The van der Waals surface area contributed by atoms with Crippen molar-refractivity contribution >= 4 is 27.2 Å². The minimum atomic E-state index is -0.238. The second kappa shape index (κ2) is 5.52. The first-order chi connectivity index (χ1) is 10.3. The Kier molecular flexibility index (Phi) is 3.53. The van der Waals surface area contributed by atoms with Crippen LogP contribution in [0.4, 0.5) is 0 Å². The van der Waals surface area contributed by atoms with Gasteiger partial charge in [0.25, 0.3) is 0 Å². The molecule has 0 saturated carbocycles. The van der Waals surface area contributed by atoms with Crippen LogP contribution in [-0.2, 0) is 16.0 Å². The summed E-state index contributed by atoms with van der Waals surface area (Å²) in [5.74, 6) is 0.226. The second-order valence-corrected chi connectivity index (χ2v) is 6.92. The molecule has 2 unspecified atom stereocenters. The van der Waals surface area contributed by atoms with Crippen LogP contribution in [0.1, 0.15) is 18.4 Å². The highest BCUT2D eigenvalue weighted by atomic mass is 32.1. The van der Waals surface area contributed by atoms with E-state index in [4.69, 9.17) is 4.74 Å². The largest absolute Gasteiger partial charge is 0.367 e. The van der Waals surface area contributed by atoms with Gasteiger partial charge in [-0.05, 0) is 41.8 Å². The van der Waals surface area contributed by atoms with E-state index >= 15 is 0 Å². The zero-order valence-electron chi connectivity index (χ0n) is 12.0. The first-order valence-corrected chi connectivity index (χ1v) is 8.53. The SMILES string of the molecule is O=C(Cc1csc2ccccc12)C1CN2CCCC2CO1. The average molecular weight is 301 g/mol. The maximum absolute atomic E-state index is 12.6. The number of ketones is 1. The molecule has 4 rings (SSSR count). The molecule has 2 aromatic rings. The molecule has 0 amide bonds. The number of nitrogens with zero attached hydrogens (tertiary/aromatic N) is 1. The van der Waals surface area contributed by atoms with Crippen LogP contribution in [0, 0.1) is 0 Å². The van der Waals surface area contributed by atoms with Crippen molar-refractivity contribution in [1.29, 1.82) is 0 Å². The summed E-state index contributed by atoms with van der Waals surface area (Å²) in [4.78, 5) is 15.0. The summed E-state index contributed by atoms with van der Waals surface area (Å²) in [6, 6.07) is 8.85. The van der Waals surface area contributed by atoms with Gasteiger partial charge in [0.05, 0.1) is 6.61 Å². The van der Waals surface area contributed by atoms with Gasteiger partial charge in [-0.3, -0.25) is 9.69 Å². The van der Waals surface area contributed by atoms with Crippen molar-refractivity contribution in [2.75, 3.05) is 19.7 Å². The zero-order valence-corrected chi connectivity index (χ0v) is 12.8. The Hall–Kier alpha value is -1.23. The molecular formula is C17H19NO2S. The van der Waals surface area contributed by atoms with Crippen molar-refractivity contribution in [3.8, 4) is 0 Å². The lowest BCUT2D eigenvalue weighted by Crippen LogP contribution is -2.49. The summed E-state index contributed by atoms with van der Waals surface area (Å²) in [7, 11) is 0. The van der Waals surface area contributed by atoms with E-state index in [1.807, 2.05) is 12.1 Å². The fourth-order valence-electron chi connectivity index (χ4n) is 3.48. The number of ether oxygens (including phenoxy) is 1. The lowest BCUT2D eigenvalue weighted by atomic mass is 10.0. The fraction of sp³-hybridized carbons (Fsp3) is 0.471. The second-order valence-electron chi connectivity index (χ2n) is 6.01. The number of carbonyl (C=O) groups excluding carboxylic acids is 1. The van der Waals surface area contributed by atoms with Crippen LogP contribution in [0.3, 0.4) is 0 Å². The van der Waals surface area contributed by atoms with Gasteiger partial charge in [-0.1, -0.05) is 18.2 Å². The van der Waals surface area contributed by atoms with Crippen LogP contribution in [-0.4, -0.2) is 42.5 Å². The molecule has 2 saturated heterocycles. The first-order valence-electron chi connectivity index (χ1n) is 7.65. The Labute approximate surface area is 128 Å². The van der Waals surface area contributed by atoms with Crippen LogP contribution >= 0.6 is 11.3 Å². The molecule has 0 spiro atoms. The topological polar surface area (TPSA) is 29.5 Å². The number of thiophene rings is 1. The molecule has 2 fully saturated rings. The molecule has 3 nitrogen and oxygen atoms in total.